The number of rotatable bonds is 6. The summed E-state index contributed by atoms with van der Waals surface area (Å²) in [5.74, 6) is -3.20. The highest BCUT2D eigenvalue weighted by atomic mass is 19.2. The third-order valence-corrected chi connectivity index (χ3v) is 4.20. The van der Waals surface area contributed by atoms with Gasteiger partial charge in [-0.15, -0.1) is 0 Å². The smallest absolute Gasteiger partial charge is 0.255 e. The fourth-order valence-electron chi connectivity index (χ4n) is 2.62. The summed E-state index contributed by atoms with van der Waals surface area (Å²) in [4.78, 5) is 24.4. The molecule has 2 amide bonds. The molecule has 0 saturated heterocycles. The summed E-state index contributed by atoms with van der Waals surface area (Å²) in [5, 5.41) is 5.21. The Bertz CT molecular complexity index is 1020. The lowest BCUT2D eigenvalue weighted by atomic mass is 10.1. The van der Waals surface area contributed by atoms with Crippen LogP contribution in [0.1, 0.15) is 26.3 Å². The molecule has 0 heterocycles. The van der Waals surface area contributed by atoms with Crippen LogP contribution in [-0.2, 0) is 6.42 Å². The second kappa shape index (κ2) is 9.05. The number of carbonyl (C=O) groups is 2. The van der Waals surface area contributed by atoms with Crippen LogP contribution in [0.3, 0.4) is 0 Å². The fraction of sp³-hybridized carbons (Fsp3) is 0.0909. The number of nitrogens with one attached hydrogen (secondary N) is 2. The lowest BCUT2D eigenvalue weighted by Crippen LogP contribution is -2.25. The zero-order valence-electron chi connectivity index (χ0n) is 15.2. The summed E-state index contributed by atoms with van der Waals surface area (Å²) in [6.45, 7) is 0.378. The molecule has 148 valence electrons. The average Bonchev–Trinajstić information content (AvgIpc) is 2.72. The molecule has 0 aromatic heterocycles. The Balaban J connectivity index is 1.54. The number of carbonyl (C=O) groups excluding carboxylic acids is 2. The summed E-state index contributed by atoms with van der Waals surface area (Å²) in [6, 6.07) is 15.0. The van der Waals surface area contributed by atoms with Gasteiger partial charge < -0.3 is 10.6 Å². The predicted molar refractivity (Wildman–Crippen MR) is 103 cm³/mol. The number of anilines is 1. The van der Waals surface area contributed by atoms with Gasteiger partial charge in [0.05, 0.1) is 0 Å². The Morgan fingerprint density at radius 3 is 1.97 bits per heavy atom. The molecule has 0 spiro atoms. The molecule has 3 aromatic carbocycles. The fourth-order valence-corrected chi connectivity index (χ4v) is 2.62. The van der Waals surface area contributed by atoms with E-state index >= 15 is 0 Å². The molecule has 29 heavy (non-hydrogen) atoms. The number of benzene rings is 3. The molecule has 4 nitrogen and oxygen atoms in total. The third kappa shape index (κ3) is 5.44. The van der Waals surface area contributed by atoms with E-state index in [1.807, 2.05) is 0 Å². The minimum absolute atomic E-state index is 0.122. The number of hydrogen-bond donors (Lipinski definition) is 2. The van der Waals surface area contributed by atoms with Crippen LogP contribution in [0.2, 0.25) is 0 Å². The molecule has 0 radical (unpaired) electrons. The molecule has 7 heteroatoms. The average molecular weight is 398 g/mol. The molecule has 2 N–H and O–H groups in total. The standard InChI is InChI=1S/C22H17F3N2O2/c23-17-7-1-14(2-8-17)11-12-26-21(28)15-3-5-16(6-4-15)22(29)27-18-9-10-19(24)20(25)13-18/h1-10,13H,11-12H2,(H,26,28)(H,27,29). The molecule has 3 rings (SSSR count). The number of hydrogen-bond acceptors (Lipinski definition) is 2. The third-order valence-electron chi connectivity index (χ3n) is 4.20. The van der Waals surface area contributed by atoms with Crippen LogP contribution in [0.5, 0.6) is 0 Å². The van der Waals surface area contributed by atoms with Gasteiger partial charge in [-0.1, -0.05) is 12.1 Å². The van der Waals surface area contributed by atoms with E-state index in [-0.39, 0.29) is 23.0 Å². The first-order valence-corrected chi connectivity index (χ1v) is 8.81. The van der Waals surface area contributed by atoms with E-state index in [0.717, 1.165) is 17.7 Å². The van der Waals surface area contributed by atoms with Crippen molar-refractivity contribution in [3.05, 3.63) is 101 Å². The first-order chi connectivity index (χ1) is 13.9. The van der Waals surface area contributed by atoms with E-state index in [4.69, 9.17) is 0 Å². The highest BCUT2D eigenvalue weighted by Gasteiger charge is 2.10. The predicted octanol–water partition coefficient (Wildman–Crippen LogP) is 4.33. The van der Waals surface area contributed by atoms with Gasteiger partial charge in [0.2, 0.25) is 0 Å². The van der Waals surface area contributed by atoms with Crippen LogP contribution in [0.25, 0.3) is 0 Å². The molecule has 0 bridgehead atoms. The summed E-state index contributed by atoms with van der Waals surface area (Å²) in [7, 11) is 0. The van der Waals surface area contributed by atoms with Gasteiger partial charge in [-0.25, -0.2) is 13.2 Å². The van der Waals surface area contributed by atoms with Crippen LogP contribution in [-0.4, -0.2) is 18.4 Å². The van der Waals surface area contributed by atoms with Gasteiger partial charge in [0.15, 0.2) is 11.6 Å². The molecule has 0 aliphatic rings. The molecule has 0 atom stereocenters. The first kappa shape index (κ1) is 20.1. The summed E-state index contributed by atoms with van der Waals surface area (Å²) >= 11 is 0. The topological polar surface area (TPSA) is 58.2 Å². The van der Waals surface area contributed by atoms with Crippen molar-refractivity contribution in [1.29, 1.82) is 0 Å². The monoisotopic (exact) mass is 398 g/mol. The largest absolute Gasteiger partial charge is 0.352 e. The van der Waals surface area contributed by atoms with E-state index in [1.165, 1.54) is 42.5 Å². The molecular weight excluding hydrogens is 381 g/mol. The Morgan fingerprint density at radius 1 is 0.724 bits per heavy atom. The van der Waals surface area contributed by atoms with Gasteiger partial charge in [-0.05, 0) is 60.5 Å². The zero-order chi connectivity index (χ0) is 20.8. The molecule has 0 saturated carbocycles. The molecular formula is C22H17F3N2O2. The first-order valence-electron chi connectivity index (χ1n) is 8.81. The number of halogens is 3. The van der Waals surface area contributed by atoms with E-state index < -0.39 is 17.5 Å². The van der Waals surface area contributed by atoms with Crippen molar-refractivity contribution in [2.24, 2.45) is 0 Å². The Morgan fingerprint density at radius 2 is 1.34 bits per heavy atom. The highest BCUT2D eigenvalue weighted by Crippen LogP contribution is 2.15. The second-order valence-electron chi connectivity index (χ2n) is 6.29. The van der Waals surface area contributed by atoms with E-state index in [9.17, 15) is 22.8 Å². The van der Waals surface area contributed by atoms with Gasteiger partial charge in [-0.3, -0.25) is 9.59 Å². The lowest BCUT2D eigenvalue weighted by Gasteiger charge is -2.08. The van der Waals surface area contributed by atoms with Crippen molar-refractivity contribution in [2.45, 2.75) is 6.42 Å². The van der Waals surface area contributed by atoms with E-state index in [2.05, 4.69) is 10.6 Å². The second-order valence-corrected chi connectivity index (χ2v) is 6.29. The van der Waals surface area contributed by atoms with Crippen molar-refractivity contribution < 1.29 is 22.8 Å². The van der Waals surface area contributed by atoms with Crippen molar-refractivity contribution >= 4 is 17.5 Å². The lowest BCUT2D eigenvalue weighted by molar-refractivity contribution is 0.0952. The molecule has 0 fully saturated rings. The van der Waals surface area contributed by atoms with E-state index in [1.54, 1.807) is 12.1 Å². The van der Waals surface area contributed by atoms with Gasteiger partial charge in [-0.2, -0.15) is 0 Å². The zero-order valence-corrected chi connectivity index (χ0v) is 15.2. The quantitative estimate of drug-likeness (QED) is 0.649. The summed E-state index contributed by atoms with van der Waals surface area (Å²) < 4.78 is 39.0. The van der Waals surface area contributed by atoms with Crippen LogP contribution in [0.4, 0.5) is 18.9 Å². The van der Waals surface area contributed by atoms with Crippen LogP contribution < -0.4 is 10.6 Å². The van der Waals surface area contributed by atoms with Crippen LogP contribution >= 0.6 is 0 Å². The Hall–Kier alpha value is -3.61. The molecule has 0 unspecified atom stereocenters. The van der Waals surface area contributed by atoms with Gasteiger partial charge in [0.25, 0.3) is 11.8 Å². The van der Waals surface area contributed by atoms with E-state index in [0.29, 0.717) is 18.5 Å². The number of amides is 2. The van der Waals surface area contributed by atoms with Crippen molar-refractivity contribution in [1.82, 2.24) is 5.32 Å². The minimum Gasteiger partial charge on any atom is -0.352 e. The Kier molecular flexibility index (Phi) is 6.29. The molecule has 0 aliphatic carbocycles. The maximum Gasteiger partial charge on any atom is 0.255 e. The van der Waals surface area contributed by atoms with Gasteiger partial charge >= 0.3 is 0 Å². The minimum atomic E-state index is -1.06. The molecule has 0 aliphatic heterocycles. The van der Waals surface area contributed by atoms with Gasteiger partial charge in [0.1, 0.15) is 5.82 Å². The highest BCUT2D eigenvalue weighted by molar-refractivity contribution is 6.05. The normalized spacial score (nSPS) is 10.4. The maximum absolute atomic E-state index is 13.2. The van der Waals surface area contributed by atoms with Crippen molar-refractivity contribution in [2.75, 3.05) is 11.9 Å². The van der Waals surface area contributed by atoms with Crippen molar-refractivity contribution in [3.8, 4) is 0 Å². The van der Waals surface area contributed by atoms with Crippen LogP contribution in [0.15, 0.2) is 66.7 Å². The SMILES string of the molecule is O=C(NCCc1ccc(F)cc1)c1ccc(C(=O)Nc2ccc(F)c(F)c2)cc1. The Labute approximate surface area is 165 Å². The summed E-state index contributed by atoms with van der Waals surface area (Å²) in [5.41, 5.74) is 1.65. The van der Waals surface area contributed by atoms with Crippen LogP contribution in [0, 0.1) is 17.5 Å². The molecule has 3 aromatic rings. The van der Waals surface area contributed by atoms with Gasteiger partial charge in [0, 0.05) is 29.4 Å². The maximum atomic E-state index is 13.2. The summed E-state index contributed by atoms with van der Waals surface area (Å²) in [6.07, 6.45) is 0.556. The van der Waals surface area contributed by atoms with Crippen molar-refractivity contribution in [3.63, 3.8) is 0 Å².